The third-order valence-electron chi connectivity index (χ3n) is 4.26. The summed E-state index contributed by atoms with van der Waals surface area (Å²) in [5.41, 5.74) is 5.43. The zero-order valence-electron chi connectivity index (χ0n) is 13.8. The zero-order chi connectivity index (χ0) is 17.4. The Kier molecular flexibility index (Phi) is 6.20. The second-order valence-corrected chi connectivity index (χ2v) is 8.25. The molecule has 0 saturated carbocycles. The molecule has 1 heterocycles. The minimum atomic E-state index is -3.76. The van der Waals surface area contributed by atoms with Crippen LogP contribution in [0.2, 0.25) is 0 Å². The van der Waals surface area contributed by atoms with Crippen molar-refractivity contribution in [3.8, 4) is 5.75 Å². The van der Waals surface area contributed by atoms with Crippen LogP contribution in [0.25, 0.3) is 0 Å². The number of benzene rings is 1. The minimum Gasteiger partial charge on any atom is -0.490 e. The van der Waals surface area contributed by atoms with E-state index in [0.717, 1.165) is 6.07 Å². The summed E-state index contributed by atoms with van der Waals surface area (Å²) in [6.45, 7) is 4.48. The van der Waals surface area contributed by atoms with Crippen LogP contribution in [0.3, 0.4) is 0 Å². The molecule has 1 aliphatic rings. The molecule has 1 aromatic carbocycles. The zero-order valence-corrected chi connectivity index (χ0v) is 15.4. The normalized spacial score (nSPS) is 20.9. The number of nitrogens with zero attached hydrogens (tertiary/aromatic N) is 2. The van der Waals surface area contributed by atoms with Crippen LogP contribution in [-0.2, 0) is 10.0 Å². The first-order chi connectivity index (χ1) is 10.6. The molecule has 1 atom stereocenters. The van der Waals surface area contributed by atoms with Gasteiger partial charge in [0.25, 0.3) is 0 Å². The van der Waals surface area contributed by atoms with Gasteiger partial charge in [-0.25, -0.2) is 8.42 Å². The highest BCUT2D eigenvalue weighted by Gasteiger charge is 2.39. The van der Waals surface area contributed by atoms with Crippen molar-refractivity contribution in [1.29, 1.82) is 0 Å². The molecule has 1 aliphatic heterocycles. The Morgan fingerprint density at radius 3 is 2.54 bits per heavy atom. The molecule has 8 nitrogen and oxygen atoms in total. The molecule has 0 radical (unpaired) electrons. The highest BCUT2D eigenvalue weighted by Crippen LogP contribution is 2.34. The monoisotopic (exact) mass is 379 g/mol. The van der Waals surface area contributed by atoms with Crippen LogP contribution in [0.15, 0.2) is 23.1 Å². The summed E-state index contributed by atoms with van der Waals surface area (Å²) in [6, 6.07) is 3.50. The maximum Gasteiger partial charge on any atom is 0.310 e. The predicted octanol–water partition coefficient (Wildman–Crippen LogP) is 1.77. The molecule has 0 aliphatic carbocycles. The van der Waals surface area contributed by atoms with Gasteiger partial charge >= 0.3 is 5.69 Å². The number of nitro benzene ring substituents is 1. The van der Waals surface area contributed by atoms with Crippen molar-refractivity contribution in [2.75, 3.05) is 20.2 Å². The third-order valence-corrected chi connectivity index (χ3v) is 6.10. The Morgan fingerprint density at radius 1 is 1.42 bits per heavy atom. The topological polar surface area (TPSA) is 116 Å². The lowest BCUT2D eigenvalue weighted by Gasteiger charge is -2.41. The molecule has 24 heavy (non-hydrogen) atoms. The van der Waals surface area contributed by atoms with Gasteiger partial charge in [-0.2, -0.15) is 4.31 Å². The van der Waals surface area contributed by atoms with Gasteiger partial charge in [0.15, 0.2) is 5.75 Å². The van der Waals surface area contributed by atoms with Crippen molar-refractivity contribution in [2.45, 2.75) is 31.2 Å². The van der Waals surface area contributed by atoms with Crippen molar-refractivity contribution in [1.82, 2.24) is 4.31 Å². The third kappa shape index (κ3) is 3.80. The summed E-state index contributed by atoms with van der Waals surface area (Å²) >= 11 is 0. The van der Waals surface area contributed by atoms with Gasteiger partial charge in [-0.1, -0.05) is 13.8 Å². The standard InChI is InChI=1S/C14H21N3O5S.ClH/c1-14(2)9-16(7-6-13(14)15)23(20,21)10-4-5-11(17(18)19)12(8-10)22-3;/h4-5,8,13H,6-7,9,15H2,1-3H3;1H. The van der Waals surface area contributed by atoms with Crippen LogP contribution in [0.4, 0.5) is 5.69 Å². The average molecular weight is 380 g/mol. The van der Waals surface area contributed by atoms with E-state index in [2.05, 4.69) is 0 Å². The Labute approximate surface area is 147 Å². The first-order valence-corrected chi connectivity index (χ1v) is 8.62. The van der Waals surface area contributed by atoms with Crippen LogP contribution in [0, 0.1) is 15.5 Å². The summed E-state index contributed by atoms with van der Waals surface area (Å²) < 4.78 is 31.9. The summed E-state index contributed by atoms with van der Waals surface area (Å²) in [4.78, 5) is 10.3. The molecule has 1 unspecified atom stereocenters. The minimum absolute atomic E-state index is 0. The lowest BCUT2D eigenvalue weighted by molar-refractivity contribution is -0.385. The second-order valence-electron chi connectivity index (χ2n) is 6.31. The van der Waals surface area contributed by atoms with Crippen molar-refractivity contribution in [3.05, 3.63) is 28.3 Å². The largest absolute Gasteiger partial charge is 0.490 e. The average Bonchev–Trinajstić information content (AvgIpc) is 2.48. The van der Waals surface area contributed by atoms with Crippen LogP contribution in [-0.4, -0.2) is 43.9 Å². The van der Waals surface area contributed by atoms with E-state index in [1.54, 1.807) is 0 Å². The first kappa shape index (κ1) is 20.6. The van der Waals surface area contributed by atoms with E-state index in [-0.39, 0.29) is 40.2 Å². The molecule has 1 saturated heterocycles. The molecular formula is C14H22ClN3O5S. The van der Waals surface area contributed by atoms with Crippen LogP contribution in [0.5, 0.6) is 5.75 Å². The first-order valence-electron chi connectivity index (χ1n) is 7.18. The maximum atomic E-state index is 12.8. The predicted molar refractivity (Wildman–Crippen MR) is 92.0 cm³/mol. The van der Waals surface area contributed by atoms with E-state index in [0.29, 0.717) is 19.5 Å². The molecule has 2 N–H and O–H groups in total. The number of methoxy groups -OCH3 is 1. The summed E-state index contributed by atoms with van der Waals surface area (Å²) in [7, 11) is -2.49. The van der Waals surface area contributed by atoms with Gasteiger partial charge in [-0.05, 0) is 17.9 Å². The van der Waals surface area contributed by atoms with E-state index in [1.807, 2.05) is 13.8 Å². The van der Waals surface area contributed by atoms with Crippen molar-refractivity contribution in [3.63, 3.8) is 0 Å². The summed E-state index contributed by atoms with van der Waals surface area (Å²) in [5, 5.41) is 10.9. The Balaban J connectivity index is 0.00000288. The maximum absolute atomic E-state index is 12.8. The number of rotatable bonds is 4. The number of sulfonamides is 1. The van der Waals surface area contributed by atoms with Gasteiger partial charge in [0.2, 0.25) is 10.0 Å². The lowest BCUT2D eigenvalue weighted by Crippen LogP contribution is -2.53. The molecule has 0 spiro atoms. The number of hydrogen-bond donors (Lipinski definition) is 1. The van der Waals surface area contributed by atoms with Gasteiger partial charge in [0.05, 0.1) is 16.9 Å². The molecule has 10 heteroatoms. The van der Waals surface area contributed by atoms with E-state index in [1.165, 1.54) is 23.5 Å². The Hall–Kier alpha value is -1.42. The second kappa shape index (κ2) is 7.22. The summed E-state index contributed by atoms with van der Waals surface area (Å²) in [5.74, 6) is -0.0796. The van der Waals surface area contributed by atoms with Crippen LogP contribution in [0.1, 0.15) is 20.3 Å². The number of piperidine rings is 1. The van der Waals surface area contributed by atoms with Gasteiger partial charge in [0, 0.05) is 31.3 Å². The lowest BCUT2D eigenvalue weighted by atomic mass is 9.81. The van der Waals surface area contributed by atoms with E-state index in [9.17, 15) is 18.5 Å². The Bertz CT molecular complexity index is 723. The fourth-order valence-corrected chi connectivity index (χ4v) is 4.29. The van der Waals surface area contributed by atoms with Gasteiger partial charge in [0.1, 0.15) is 0 Å². The molecular weight excluding hydrogens is 358 g/mol. The molecule has 136 valence electrons. The SMILES string of the molecule is COc1cc(S(=O)(=O)N2CCC(N)C(C)(C)C2)ccc1[N+](=O)[O-].Cl. The van der Waals surface area contributed by atoms with Gasteiger partial charge in [-0.15, -0.1) is 12.4 Å². The van der Waals surface area contributed by atoms with Gasteiger partial charge in [-0.3, -0.25) is 10.1 Å². The fourth-order valence-electron chi connectivity index (χ4n) is 2.65. The fraction of sp³-hybridized carbons (Fsp3) is 0.571. The number of nitro groups is 1. The number of halogens is 1. The van der Waals surface area contributed by atoms with E-state index >= 15 is 0 Å². The highest BCUT2D eigenvalue weighted by molar-refractivity contribution is 7.89. The quantitative estimate of drug-likeness (QED) is 0.629. The van der Waals surface area contributed by atoms with Crippen molar-refractivity contribution >= 4 is 28.1 Å². The summed E-state index contributed by atoms with van der Waals surface area (Å²) in [6.07, 6.45) is 0.566. The van der Waals surface area contributed by atoms with E-state index < -0.39 is 14.9 Å². The molecule has 1 aromatic rings. The number of ether oxygens (including phenoxy) is 1. The number of nitrogens with two attached hydrogens (primary N) is 1. The van der Waals surface area contributed by atoms with Crippen molar-refractivity contribution < 1.29 is 18.1 Å². The number of hydrogen-bond acceptors (Lipinski definition) is 6. The molecule has 0 amide bonds. The van der Waals surface area contributed by atoms with Crippen LogP contribution < -0.4 is 10.5 Å². The van der Waals surface area contributed by atoms with Crippen LogP contribution >= 0.6 is 12.4 Å². The van der Waals surface area contributed by atoms with E-state index in [4.69, 9.17) is 10.5 Å². The molecule has 0 bridgehead atoms. The highest BCUT2D eigenvalue weighted by atomic mass is 35.5. The molecule has 0 aromatic heterocycles. The Morgan fingerprint density at radius 2 is 2.04 bits per heavy atom. The smallest absolute Gasteiger partial charge is 0.310 e. The molecule has 2 rings (SSSR count). The molecule has 1 fully saturated rings. The van der Waals surface area contributed by atoms with Gasteiger partial charge < -0.3 is 10.5 Å². The van der Waals surface area contributed by atoms with Crippen molar-refractivity contribution in [2.24, 2.45) is 11.1 Å².